The van der Waals surface area contributed by atoms with Crippen LogP contribution in [0.2, 0.25) is 0 Å². The lowest BCUT2D eigenvalue weighted by atomic mass is 9.96. The summed E-state index contributed by atoms with van der Waals surface area (Å²) in [6.07, 6.45) is 1.16. The average Bonchev–Trinajstić information content (AvgIpc) is 2.39. The second-order valence-electron chi connectivity index (χ2n) is 4.93. The lowest BCUT2D eigenvalue weighted by Gasteiger charge is -2.44. The Morgan fingerprint density at radius 2 is 2.26 bits per heavy atom. The molecule has 0 bridgehead atoms. The molecule has 1 N–H and O–H groups in total. The predicted molar refractivity (Wildman–Crippen MR) is 75.2 cm³/mol. The van der Waals surface area contributed by atoms with Crippen LogP contribution in [-0.2, 0) is 4.74 Å². The highest BCUT2D eigenvalue weighted by molar-refractivity contribution is 5.85. The smallest absolute Gasteiger partial charge is 0.125 e. The quantitative estimate of drug-likeness (QED) is 0.906. The minimum absolute atomic E-state index is 0. The summed E-state index contributed by atoms with van der Waals surface area (Å²) in [6, 6.07) is 5.52. The fourth-order valence-corrected chi connectivity index (χ4v) is 2.88. The molecule has 0 aromatic heterocycles. The first-order valence-electron chi connectivity index (χ1n) is 6.61. The van der Waals surface area contributed by atoms with E-state index in [1.54, 1.807) is 12.1 Å². The molecule has 4 nitrogen and oxygen atoms in total. The van der Waals surface area contributed by atoms with Gasteiger partial charge in [0.1, 0.15) is 24.2 Å². The molecule has 0 unspecified atom stereocenters. The predicted octanol–water partition coefficient (Wildman–Crippen LogP) is 2.36. The summed E-state index contributed by atoms with van der Waals surface area (Å²) in [7, 11) is 0. The number of phenolic OH excluding ortho intramolecular Hbond substituents is 1. The monoisotopic (exact) mass is 285 g/mol. The molecule has 5 heteroatoms. The summed E-state index contributed by atoms with van der Waals surface area (Å²) in [5.41, 5.74) is 0.979. The van der Waals surface area contributed by atoms with Crippen molar-refractivity contribution in [2.24, 2.45) is 0 Å². The van der Waals surface area contributed by atoms with Gasteiger partial charge >= 0.3 is 0 Å². The molecule has 2 atom stereocenters. The number of halogens is 1. The van der Waals surface area contributed by atoms with Crippen molar-refractivity contribution in [2.45, 2.75) is 25.5 Å². The number of aromatic hydroxyl groups is 1. The largest absolute Gasteiger partial charge is 0.508 e. The van der Waals surface area contributed by atoms with E-state index in [2.05, 4.69) is 11.8 Å². The van der Waals surface area contributed by atoms with Crippen molar-refractivity contribution in [3.63, 3.8) is 0 Å². The Labute approximate surface area is 119 Å². The number of nitrogens with zero attached hydrogens (tertiary/aromatic N) is 1. The maximum Gasteiger partial charge on any atom is 0.125 e. The average molecular weight is 286 g/mol. The van der Waals surface area contributed by atoms with Crippen LogP contribution in [0.15, 0.2) is 18.2 Å². The van der Waals surface area contributed by atoms with E-state index in [1.807, 2.05) is 6.07 Å². The van der Waals surface area contributed by atoms with Gasteiger partial charge in [0, 0.05) is 12.1 Å². The van der Waals surface area contributed by atoms with Crippen LogP contribution >= 0.6 is 12.4 Å². The van der Waals surface area contributed by atoms with Gasteiger partial charge in [-0.25, -0.2) is 0 Å². The Morgan fingerprint density at radius 3 is 3.05 bits per heavy atom. The van der Waals surface area contributed by atoms with Crippen LogP contribution in [0.25, 0.3) is 0 Å². The van der Waals surface area contributed by atoms with Gasteiger partial charge in [0.25, 0.3) is 0 Å². The first kappa shape index (κ1) is 14.4. The van der Waals surface area contributed by atoms with Crippen molar-refractivity contribution in [3.05, 3.63) is 23.8 Å². The van der Waals surface area contributed by atoms with Crippen LogP contribution in [-0.4, -0.2) is 42.4 Å². The van der Waals surface area contributed by atoms with Gasteiger partial charge in [-0.3, -0.25) is 4.90 Å². The van der Waals surface area contributed by atoms with E-state index in [1.165, 1.54) is 0 Å². The summed E-state index contributed by atoms with van der Waals surface area (Å²) in [6.45, 7) is 5.64. The molecule has 1 fully saturated rings. The fraction of sp³-hybridized carbons (Fsp3) is 0.571. The summed E-state index contributed by atoms with van der Waals surface area (Å²) >= 11 is 0. The van der Waals surface area contributed by atoms with E-state index in [0.29, 0.717) is 6.61 Å². The number of fused-ring (bicyclic) bond motifs is 3. The van der Waals surface area contributed by atoms with Crippen molar-refractivity contribution >= 4 is 12.4 Å². The minimum Gasteiger partial charge on any atom is -0.508 e. The van der Waals surface area contributed by atoms with Crippen molar-refractivity contribution < 1.29 is 14.6 Å². The molecular weight excluding hydrogens is 266 g/mol. The zero-order valence-corrected chi connectivity index (χ0v) is 11.9. The molecule has 0 radical (unpaired) electrons. The van der Waals surface area contributed by atoms with Gasteiger partial charge in [0.2, 0.25) is 0 Å². The number of hydrogen-bond donors (Lipinski definition) is 1. The van der Waals surface area contributed by atoms with E-state index in [-0.39, 0.29) is 30.3 Å². The maximum absolute atomic E-state index is 9.62. The minimum atomic E-state index is 0. The number of phenols is 1. The Kier molecular flexibility index (Phi) is 4.55. The van der Waals surface area contributed by atoms with Crippen molar-refractivity contribution in [2.75, 3.05) is 26.3 Å². The number of ether oxygens (including phenoxy) is 2. The first-order valence-corrected chi connectivity index (χ1v) is 6.61. The van der Waals surface area contributed by atoms with E-state index >= 15 is 0 Å². The van der Waals surface area contributed by atoms with E-state index in [9.17, 15) is 5.11 Å². The summed E-state index contributed by atoms with van der Waals surface area (Å²) in [4.78, 5) is 2.43. The Bertz CT molecular complexity index is 439. The van der Waals surface area contributed by atoms with Gasteiger partial charge in [-0.1, -0.05) is 6.92 Å². The Morgan fingerprint density at radius 1 is 1.42 bits per heavy atom. The standard InChI is InChI=1S/C14H19NO3.ClH/c1-2-5-15-6-7-17-14-11-8-10(16)3-4-13(11)18-9-12(14)15;/h3-4,8,12,14,16H,2,5-7,9H2,1H3;1H/t12-,14+;/m1./s1. The number of benzene rings is 1. The zero-order chi connectivity index (χ0) is 12.5. The number of hydrogen-bond acceptors (Lipinski definition) is 4. The van der Waals surface area contributed by atoms with Crippen LogP contribution in [0, 0.1) is 0 Å². The van der Waals surface area contributed by atoms with Crippen LogP contribution in [0.1, 0.15) is 25.0 Å². The third-order valence-corrected chi connectivity index (χ3v) is 3.71. The molecule has 2 aliphatic heterocycles. The molecule has 1 saturated heterocycles. The topological polar surface area (TPSA) is 41.9 Å². The zero-order valence-electron chi connectivity index (χ0n) is 11.0. The first-order chi connectivity index (χ1) is 8.79. The molecule has 2 aliphatic rings. The SMILES string of the molecule is CCCN1CCO[C@H]2c3cc(O)ccc3OC[C@H]21.Cl. The molecule has 3 rings (SSSR count). The second kappa shape index (κ2) is 5.99. The van der Waals surface area contributed by atoms with Crippen LogP contribution < -0.4 is 4.74 Å². The molecule has 0 aliphatic carbocycles. The number of rotatable bonds is 2. The normalized spacial score (nSPS) is 25.7. The molecule has 0 spiro atoms. The molecule has 0 saturated carbocycles. The summed E-state index contributed by atoms with van der Waals surface area (Å²) in [5.74, 6) is 1.11. The maximum atomic E-state index is 9.62. The lowest BCUT2D eigenvalue weighted by molar-refractivity contribution is -0.0956. The highest BCUT2D eigenvalue weighted by Crippen LogP contribution is 2.40. The highest BCUT2D eigenvalue weighted by atomic mass is 35.5. The van der Waals surface area contributed by atoms with Crippen molar-refractivity contribution in [1.82, 2.24) is 4.90 Å². The van der Waals surface area contributed by atoms with Gasteiger partial charge in [0.15, 0.2) is 0 Å². The molecular formula is C14H20ClNO3. The van der Waals surface area contributed by atoms with Gasteiger partial charge in [0.05, 0.1) is 12.6 Å². The number of morpholine rings is 1. The third-order valence-electron chi connectivity index (χ3n) is 3.71. The summed E-state index contributed by atoms with van der Waals surface area (Å²) in [5, 5.41) is 9.62. The van der Waals surface area contributed by atoms with Crippen LogP contribution in [0.5, 0.6) is 11.5 Å². The van der Waals surface area contributed by atoms with Gasteiger partial charge in [-0.15, -0.1) is 12.4 Å². The molecule has 2 heterocycles. The Hall–Kier alpha value is -0.970. The van der Waals surface area contributed by atoms with E-state index in [0.717, 1.165) is 37.4 Å². The van der Waals surface area contributed by atoms with Gasteiger partial charge in [-0.2, -0.15) is 0 Å². The van der Waals surface area contributed by atoms with Gasteiger partial charge in [-0.05, 0) is 31.2 Å². The Balaban J connectivity index is 0.00000133. The molecule has 0 amide bonds. The fourth-order valence-electron chi connectivity index (χ4n) is 2.88. The van der Waals surface area contributed by atoms with E-state index < -0.39 is 0 Å². The summed E-state index contributed by atoms with van der Waals surface area (Å²) < 4.78 is 11.7. The third kappa shape index (κ3) is 2.66. The molecule has 106 valence electrons. The van der Waals surface area contributed by atoms with Crippen molar-refractivity contribution in [1.29, 1.82) is 0 Å². The second-order valence-corrected chi connectivity index (χ2v) is 4.93. The molecule has 1 aromatic carbocycles. The molecule has 19 heavy (non-hydrogen) atoms. The van der Waals surface area contributed by atoms with Gasteiger partial charge < -0.3 is 14.6 Å². The lowest BCUT2D eigenvalue weighted by Crippen LogP contribution is -2.52. The van der Waals surface area contributed by atoms with Crippen LogP contribution in [0.4, 0.5) is 0 Å². The van der Waals surface area contributed by atoms with E-state index in [4.69, 9.17) is 9.47 Å². The molecule has 1 aromatic rings. The van der Waals surface area contributed by atoms with Crippen LogP contribution in [0.3, 0.4) is 0 Å². The van der Waals surface area contributed by atoms with Crippen molar-refractivity contribution in [3.8, 4) is 11.5 Å². The highest BCUT2D eigenvalue weighted by Gasteiger charge is 2.38.